The number of carbonyl (C=O) groups is 2. The van der Waals surface area contributed by atoms with Crippen LogP contribution < -0.4 is 15.4 Å². The number of aryl methyl sites for hydroxylation is 1. The zero-order valence-electron chi connectivity index (χ0n) is 14.0. The summed E-state index contributed by atoms with van der Waals surface area (Å²) < 4.78 is 5.11. The van der Waals surface area contributed by atoms with E-state index in [9.17, 15) is 9.59 Å². The Morgan fingerprint density at radius 3 is 2.50 bits per heavy atom. The van der Waals surface area contributed by atoms with E-state index in [4.69, 9.17) is 4.74 Å². The van der Waals surface area contributed by atoms with Crippen LogP contribution in [0.2, 0.25) is 0 Å². The van der Waals surface area contributed by atoms with Crippen LogP contribution in [-0.2, 0) is 11.2 Å². The smallest absolute Gasteiger partial charge is 0.251 e. The third-order valence-corrected chi connectivity index (χ3v) is 3.55. The second-order valence-corrected chi connectivity index (χ2v) is 5.34. The first-order valence-corrected chi connectivity index (χ1v) is 7.93. The highest BCUT2D eigenvalue weighted by atomic mass is 16.5. The van der Waals surface area contributed by atoms with Gasteiger partial charge in [0.25, 0.3) is 5.91 Å². The van der Waals surface area contributed by atoms with Gasteiger partial charge < -0.3 is 15.4 Å². The molecule has 0 radical (unpaired) electrons. The Balaban J connectivity index is 1.89. The van der Waals surface area contributed by atoms with Gasteiger partial charge in [-0.25, -0.2) is 0 Å². The maximum atomic E-state index is 12.1. The van der Waals surface area contributed by atoms with Gasteiger partial charge in [0.1, 0.15) is 5.75 Å². The monoisotopic (exact) mass is 326 g/mol. The molecule has 0 heterocycles. The van der Waals surface area contributed by atoms with Gasteiger partial charge in [-0.05, 0) is 49.2 Å². The summed E-state index contributed by atoms with van der Waals surface area (Å²) in [6.07, 6.45) is 1.02. The van der Waals surface area contributed by atoms with Crippen LogP contribution in [0.3, 0.4) is 0 Å². The van der Waals surface area contributed by atoms with Crippen LogP contribution in [0.25, 0.3) is 0 Å². The number of hydrogen-bond donors (Lipinski definition) is 2. The van der Waals surface area contributed by atoms with Crippen molar-refractivity contribution in [2.75, 3.05) is 19.0 Å². The molecule has 126 valence electrons. The van der Waals surface area contributed by atoms with E-state index in [-0.39, 0.29) is 11.8 Å². The van der Waals surface area contributed by atoms with Crippen LogP contribution in [0.1, 0.15) is 29.3 Å². The Hall–Kier alpha value is -2.82. The average Bonchev–Trinajstić information content (AvgIpc) is 2.61. The summed E-state index contributed by atoms with van der Waals surface area (Å²) in [7, 11) is 1.62. The first kappa shape index (κ1) is 17.5. The normalized spacial score (nSPS) is 10.1. The van der Waals surface area contributed by atoms with Crippen molar-refractivity contribution in [1.29, 1.82) is 0 Å². The second-order valence-electron chi connectivity index (χ2n) is 5.34. The molecule has 0 saturated carbocycles. The lowest BCUT2D eigenvalue weighted by Gasteiger charge is -2.08. The minimum Gasteiger partial charge on any atom is -0.497 e. The van der Waals surface area contributed by atoms with Crippen LogP contribution in [0.4, 0.5) is 5.69 Å². The van der Waals surface area contributed by atoms with E-state index < -0.39 is 0 Å². The highest BCUT2D eigenvalue weighted by Gasteiger charge is 2.07. The number of methoxy groups -OCH3 is 1. The molecule has 0 atom stereocenters. The van der Waals surface area contributed by atoms with Crippen molar-refractivity contribution >= 4 is 17.5 Å². The zero-order chi connectivity index (χ0) is 17.4. The summed E-state index contributed by atoms with van der Waals surface area (Å²) in [5.41, 5.74) is 2.23. The van der Waals surface area contributed by atoms with E-state index in [1.807, 2.05) is 31.2 Å². The minimum atomic E-state index is -0.146. The molecule has 2 aromatic rings. The lowest BCUT2D eigenvalue weighted by atomic mass is 10.1. The van der Waals surface area contributed by atoms with Crippen molar-refractivity contribution in [1.82, 2.24) is 5.32 Å². The van der Waals surface area contributed by atoms with E-state index >= 15 is 0 Å². The maximum absolute atomic E-state index is 12.1. The van der Waals surface area contributed by atoms with Gasteiger partial charge >= 0.3 is 0 Å². The lowest BCUT2D eigenvalue weighted by Crippen LogP contribution is -2.22. The molecule has 0 spiro atoms. The van der Waals surface area contributed by atoms with Gasteiger partial charge in [-0.1, -0.05) is 18.2 Å². The van der Waals surface area contributed by atoms with E-state index in [0.717, 1.165) is 11.3 Å². The van der Waals surface area contributed by atoms with E-state index in [1.165, 1.54) is 0 Å². The molecular weight excluding hydrogens is 304 g/mol. The fourth-order valence-corrected chi connectivity index (χ4v) is 2.27. The molecular formula is C19H22N2O3. The molecule has 24 heavy (non-hydrogen) atoms. The van der Waals surface area contributed by atoms with E-state index in [2.05, 4.69) is 10.6 Å². The van der Waals surface area contributed by atoms with Crippen LogP contribution >= 0.6 is 0 Å². The van der Waals surface area contributed by atoms with Crippen molar-refractivity contribution < 1.29 is 14.3 Å². The molecule has 0 aliphatic heterocycles. The van der Waals surface area contributed by atoms with Gasteiger partial charge in [-0.2, -0.15) is 0 Å². The number of rotatable bonds is 7. The third kappa shape index (κ3) is 5.12. The fourth-order valence-electron chi connectivity index (χ4n) is 2.27. The predicted molar refractivity (Wildman–Crippen MR) is 94.4 cm³/mol. The number of benzene rings is 2. The van der Waals surface area contributed by atoms with Gasteiger partial charge in [-0.15, -0.1) is 0 Å². The van der Waals surface area contributed by atoms with Gasteiger partial charge in [0.15, 0.2) is 0 Å². The van der Waals surface area contributed by atoms with Gasteiger partial charge in [0.2, 0.25) is 5.91 Å². The van der Waals surface area contributed by atoms with Crippen molar-refractivity contribution in [3.63, 3.8) is 0 Å². The molecule has 0 saturated heterocycles. The molecule has 0 unspecified atom stereocenters. The van der Waals surface area contributed by atoms with E-state index in [0.29, 0.717) is 30.6 Å². The first-order chi connectivity index (χ1) is 11.6. The molecule has 0 aliphatic rings. The summed E-state index contributed by atoms with van der Waals surface area (Å²) >= 11 is 0. The molecule has 5 heteroatoms. The molecule has 2 N–H and O–H groups in total. The minimum absolute atomic E-state index is 0.0844. The molecule has 0 fully saturated rings. The second kappa shape index (κ2) is 8.72. The van der Waals surface area contributed by atoms with Gasteiger partial charge in [0.05, 0.1) is 7.11 Å². The number of nitrogens with one attached hydrogen (secondary N) is 2. The Morgan fingerprint density at radius 1 is 1.08 bits per heavy atom. The highest BCUT2D eigenvalue weighted by Crippen LogP contribution is 2.14. The van der Waals surface area contributed by atoms with Crippen LogP contribution in [0.15, 0.2) is 48.5 Å². The average molecular weight is 326 g/mol. The van der Waals surface area contributed by atoms with Gasteiger partial charge in [0, 0.05) is 24.2 Å². The highest BCUT2D eigenvalue weighted by molar-refractivity contribution is 5.97. The summed E-state index contributed by atoms with van der Waals surface area (Å²) in [6, 6.07) is 14.6. The predicted octanol–water partition coefficient (Wildman–Crippen LogP) is 3.02. The SMILES string of the molecule is CCNC(=O)c1cccc(NC(=O)CCc2ccc(OC)cc2)c1. The van der Waals surface area contributed by atoms with Crippen molar-refractivity contribution in [3.05, 3.63) is 59.7 Å². The zero-order valence-corrected chi connectivity index (χ0v) is 14.0. The quantitative estimate of drug-likeness (QED) is 0.822. The number of carbonyl (C=O) groups excluding carboxylic acids is 2. The number of ether oxygens (including phenoxy) is 1. The van der Waals surface area contributed by atoms with Crippen molar-refractivity contribution in [3.8, 4) is 5.75 Å². The summed E-state index contributed by atoms with van der Waals surface area (Å²) in [6.45, 7) is 2.43. The Bertz CT molecular complexity index is 696. The van der Waals surface area contributed by atoms with Crippen molar-refractivity contribution in [2.24, 2.45) is 0 Å². The van der Waals surface area contributed by atoms with Crippen LogP contribution in [0.5, 0.6) is 5.75 Å². The Morgan fingerprint density at radius 2 is 1.83 bits per heavy atom. The Kier molecular flexibility index (Phi) is 6.37. The van der Waals surface area contributed by atoms with E-state index in [1.54, 1.807) is 31.4 Å². The van der Waals surface area contributed by atoms with Crippen LogP contribution in [0, 0.1) is 0 Å². The summed E-state index contributed by atoms with van der Waals surface area (Å²) in [5, 5.41) is 5.56. The molecule has 2 amide bonds. The number of amides is 2. The van der Waals surface area contributed by atoms with Crippen LogP contribution in [-0.4, -0.2) is 25.5 Å². The number of anilines is 1. The largest absolute Gasteiger partial charge is 0.497 e. The maximum Gasteiger partial charge on any atom is 0.251 e. The lowest BCUT2D eigenvalue weighted by molar-refractivity contribution is -0.116. The molecule has 0 bridgehead atoms. The molecule has 0 aromatic heterocycles. The van der Waals surface area contributed by atoms with Gasteiger partial charge in [-0.3, -0.25) is 9.59 Å². The third-order valence-electron chi connectivity index (χ3n) is 3.55. The molecule has 2 aromatic carbocycles. The molecule has 0 aliphatic carbocycles. The summed E-state index contributed by atoms with van der Waals surface area (Å²) in [4.78, 5) is 23.9. The standard InChI is InChI=1S/C19H22N2O3/c1-3-20-19(23)15-5-4-6-16(13-15)21-18(22)12-9-14-7-10-17(24-2)11-8-14/h4-8,10-11,13H,3,9,12H2,1-2H3,(H,20,23)(H,21,22). The molecule has 5 nitrogen and oxygen atoms in total. The summed E-state index contributed by atoms with van der Waals surface area (Å²) in [5.74, 6) is 0.566. The molecule has 2 rings (SSSR count). The topological polar surface area (TPSA) is 67.4 Å². The fraction of sp³-hybridized carbons (Fsp3) is 0.263. The van der Waals surface area contributed by atoms with Crippen molar-refractivity contribution in [2.45, 2.75) is 19.8 Å². The first-order valence-electron chi connectivity index (χ1n) is 7.93. The number of hydrogen-bond acceptors (Lipinski definition) is 3. The Labute approximate surface area is 142 Å².